The lowest BCUT2D eigenvalue weighted by molar-refractivity contribution is 0.0339. The Bertz CT molecular complexity index is 898. The van der Waals surface area contributed by atoms with Crippen molar-refractivity contribution in [3.05, 3.63) is 65.2 Å². The molecule has 2 aromatic rings. The van der Waals surface area contributed by atoms with Gasteiger partial charge in [-0.25, -0.2) is 0 Å². The Hall–Kier alpha value is -2.67. The lowest BCUT2D eigenvalue weighted by Crippen LogP contribution is -2.36. The summed E-state index contributed by atoms with van der Waals surface area (Å²) in [6.07, 6.45) is 3.52. The van der Waals surface area contributed by atoms with E-state index in [0.717, 1.165) is 81.7 Å². The van der Waals surface area contributed by atoms with Crippen LogP contribution in [0.25, 0.3) is 6.08 Å². The molecular formula is C25H30N2O4. The number of rotatable bonds is 7. The predicted molar refractivity (Wildman–Crippen MR) is 122 cm³/mol. The van der Waals surface area contributed by atoms with Crippen molar-refractivity contribution in [1.82, 2.24) is 4.90 Å². The maximum atomic E-state index is 12.7. The Labute approximate surface area is 184 Å². The smallest absolute Gasteiger partial charge is 0.185 e. The molecule has 0 unspecified atom stereocenters. The molecule has 164 valence electrons. The van der Waals surface area contributed by atoms with Crippen molar-refractivity contribution < 1.29 is 19.0 Å². The van der Waals surface area contributed by atoms with Crippen LogP contribution in [0.3, 0.4) is 0 Å². The second kappa shape index (κ2) is 10.6. The molecule has 6 heteroatoms. The summed E-state index contributed by atoms with van der Waals surface area (Å²) in [5, 5.41) is 0. The molecule has 2 aliphatic rings. The molecule has 2 heterocycles. The summed E-state index contributed by atoms with van der Waals surface area (Å²) in [6.45, 7) is 7.45. The van der Waals surface area contributed by atoms with Gasteiger partial charge in [-0.15, -0.1) is 0 Å². The normalized spacial score (nSPS) is 17.8. The number of benzene rings is 2. The summed E-state index contributed by atoms with van der Waals surface area (Å²) in [5.41, 5.74) is 3.93. The first-order valence-electron chi connectivity index (χ1n) is 10.8. The van der Waals surface area contributed by atoms with Crippen molar-refractivity contribution in [3.8, 4) is 5.75 Å². The van der Waals surface area contributed by atoms with E-state index in [9.17, 15) is 4.79 Å². The molecule has 0 spiro atoms. The Morgan fingerprint density at radius 2 is 1.65 bits per heavy atom. The van der Waals surface area contributed by atoms with Gasteiger partial charge in [0.05, 0.1) is 33.5 Å². The fourth-order valence-corrected chi connectivity index (χ4v) is 3.95. The van der Waals surface area contributed by atoms with Gasteiger partial charge in [0.1, 0.15) is 5.75 Å². The number of ketones is 1. The number of nitrogens with zero attached hydrogens (tertiary/aromatic N) is 2. The Balaban J connectivity index is 1.42. The highest BCUT2D eigenvalue weighted by Crippen LogP contribution is 2.23. The number of hydrogen-bond acceptors (Lipinski definition) is 6. The first-order chi connectivity index (χ1) is 15.2. The number of hydrogen-bond donors (Lipinski definition) is 0. The summed E-state index contributed by atoms with van der Waals surface area (Å²) in [6, 6.07) is 13.9. The maximum absolute atomic E-state index is 12.7. The minimum absolute atomic E-state index is 0.000857. The zero-order valence-corrected chi connectivity index (χ0v) is 18.1. The van der Waals surface area contributed by atoms with Gasteiger partial charge in [0.25, 0.3) is 0 Å². The van der Waals surface area contributed by atoms with Crippen LogP contribution < -0.4 is 9.64 Å². The zero-order chi connectivity index (χ0) is 21.5. The van der Waals surface area contributed by atoms with E-state index in [1.165, 1.54) is 0 Å². The molecule has 0 atom stereocenters. The molecule has 0 saturated carbocycles. The van der Waals surface area contributed by atoms with Crippen LogP contribution in [0.5, 0.6) is 5.75 Å². The molecule has 4 rings (SSSR count). The molecule has 0 aliphatic carbocycles. The van der Waals surface area contributed by atoms with Gasteiger partial charge < -0.3 is 19.1 Å². The van der Waals surface area contributed by atoms with Crippen LogP contribution in [0, 0.1) is 0 Å². The van der Waals surface area contributed by atoms with Gasteiger partial charge in [0.2, 0.25) is 0 Å². The van der Waals surface area contributed by atoms with Gasteiger partial charge in [-0.1, -0.05) is 12.1 Å². The highest BCUT2D eigenvalue weighted by Gasteiger charge is 2.14. The molecule has 0 radical (unpaired) electrons. The summed E-state index contributed by atoms with van der Waals surface area (Å²) in [5.74, 6) is 0.868. The second-order valence-electron chi connectivity index (χ2n) is 7.80. The number of allylic oxidation sites excluding steroid dienone is 1. The molecule has 0 N–H and O–H groups in total. The number of carbonyl (C=O) groups excluding carboxylic acids is 1. The fourth-order valence-electron chi connectivity index (χ4n) is 3.95. The standard InChI is InChI=1S/C25H30N2O4/c1-29-25-9-3-20(18-22(25)19-26-10-14-30-15-11-26)2-8-24(28)21-4-6-23(7-5-21)27-12-16-31-17-13-27/h2-9,18H,10-17,19H2,1H3/b8-2+. The minimum atomic E-state index is -0.000857. The van der Waals surface area contributed by atoms with E-state index in [-0.39, 0.29) is 5.78 Å². The van der Waals surface area contributed by atoms with Crippen molar-refractivity contribution in [2.24, 2.45) is 0 Å². The van der Waals surface area contributed by atoms with Crippen molar-refractivity contribution >= 4 is 17.5 Å². The van der Waals surface area contributed by atoms with E-state index in [0.29, 0.717) is 5.56 Å². The van der Waals surface area contributed by atoms with Gasteiger partial charge in [0.15, 0.2) is 5.78 Å². The molecule has 0 aromatic heterocycles. The Kier molecular flexibility index (Phi) is 7.35. The maximum Gasteiger partial charge on any atom is 0.185 e. The van der Waals surface area contributed by atoms with Crippen LogP contribution in [0.1, 0.15) is 21.5 Å². The number of methoxy groups -OCH3 is 1. The molecule has 0 amide bonds. The lowest BCUT2D eigenvalue weighted by Gasteiger charge is -2.28. The van der Waals surface area contributed by atoms with Gasteiger partial charge in [-0.3, -0.25) is 9.69 Å². The first kappa shape index (κ1) is 21.6. The average Bonchev–Trinajstić information content (AvgIpc) is 2.84. The summed E-state index contributed by atoms with van der Waals surface area (Å²) in [7, 11) is 1.69. The molecule has 2 aliphatic heterocycles. The first-order valence-corrected chi connectivity index (χ1v) is 10.8. The number of carbonyl (C=O) groups is 1. The molecular weight excluding hydrogens is 392 g/mol. The van der Waals surface area contributed by atoms with Crippen LogP contribution in [0.15, 0.2) is 48.5 Å². The summed E-state index contributed by atoms with van der Waals surface area (Å²) >= 11 is 0. The topological polar surface area (TPSA) is 51.2 Å². The quantitative estimate of drug-likeness (QED) is 0.504. The number of ether oxygens (including phenoxy) is 3. The van der Waals surface area contributed by atoms with Crippen molar-refractivity contribution in [2.75, 3.05) is 64.6 Å². The zero-order valence-electron chi connectivity index (χ0n) is 18.1. The average molecular weight is 423 g/mol. The lowest BCUT2D eigenvalue weighted by atomic mass is 10.1. The van der Waals surface area contributed by atoms with E-state index in [1.807, 2.05) is 42.5 Å². The fraction of sp³-hybridized carbons (Fsp3) is 0.400. The Morgan fingerprint density at radius 1 is 0.968 bits per heavy atom. The second-order valence-corrected chi connectivity index (χ2v) is 7.80. The predicted octanol–water partition coefficient (Wildman–Crippen LogP) is 3.26. The van der Waals surface area contributed by atoms with Gasteiger partial charge in [-0.2, -0.15) is 0 Å². The highest BCUT2D eigenvalue weighted by molar-refractivity contribution is 6.07. The van der Waals surface area contributed by atoms with E-state index in [2.05, 4.69) is 15.9 Å². The molecule has 0 bridgehead atoms. The number of morpholine rings is 2. The van der Waals surface area contributed by atoms with Crippen LogP contribution >= 0.6 is 0 Å². The van der Waals surface area contributed by atoms with E-state index >= 15 is 0 Å². The highest BCUT2D eigenvalue weighted by atomic mass is 16.5. The SMILES string of the molecule is COc1ccc(/C=C/C(=O)c2ccc(N3CCOCC3)cc2)cc1CN1CCOCC1. The molecule has 6 nitrogen and oxygen atoms in total. The minimum Gasteiger partial charge on any atom is -0.496 e. The third-order valence-corrected chi connectivity index (χ3v) is 5.76. The van der Waals surface area contributed by atoms with Crippen LogP contribution in [0.2, 0.25) is 0 Å². The third kappa shape index (κ3) is 5.73. The summed E-state index contributed by atoms with van der Waals surface area (Å²) in [4.78, 5) is 17.3. The van der Waals surface area contributed by atoms with Gasteiger partial charge in [-0.05, 0) is 48.0 Å². The van der Waals surface area contributed by atoms with Crippen LogP contribution in [-0.2, 0) is 16.0 Å². The molecule has 31 heavy (non-hydrogen) atoms. The Morgan fingerprint density at radius 3 is 2.32 bits per heavy atom. The van der Waals surface area contributed by atoms with Crippen molar-refractivity contribution in [3.63, 3.8) is 0 Å². The largest absolute Gasteiger partial charge is 0.496 e. The molecule has 2 aromatic carbocycles. The monoisotopic (exact) mass is 422 g/mol. The van der Waals surface area contributed by atoms with Crippen molar-refractivity contribution in [1.29, 1.82) is 0 Å². The van der Waals surface area contributed by atoms with Crippen LogP contribution in [-0.4, -0.2) is 70.4 Å². The van der Waals surface area contributed by atoms with E-state index < -0.39 is 0 Å². The van der Waals surface area contributed by atoms with Crippen LogP contribution in [0.4, 0.5) is 5.69 Å². The molecule has 2 saturated heterocycles. The summed E-state index contributed by atoms with van der Waals surface area (Å²) < 4.78 is 16.4. The van der Waals surface area contributed by atoms with Gasteiger partial charge in [0, 0.05) is 49.5 Å². The third-order valence-electron chi connectivity index (χ3n) is 5.76. The van der Waals surface area contributed by atoms with E-state index in [4.69, 9.17) is 14.2 Å². The van der Waals surface area contributed by atoms with Gasteiger partial charge >= 0.3 is 0 Å². The van der Waals surface area contributed by atoms with Crippen molar-refractivity contribution in [2.45, 2.75) is 6.54 Å². The number of anilines is 1. The van der Waals surface area contributed by atoms with E-state index in [1.54, 1.807) is 13.2 Å². The molecule has 2 fully saturated rings.